The van der Waals surface area contributed by atoms with Gasteiger partial charge in [0.05, 0.1) is 0 Å². The molecule has 0 aromatic rings. The predicted molar refractivity (Wildman–Crippen MR) is 36.8 cm³/mol. The molecule has 0 N–H and O–H groups in total. The van der Waals surface area contributed by atoms with Crippen LogP contribution in [0.1, 0.15) is 25.7 Å². The van der Waals surface area contributed by atoms with Crippen molar-refractivity contribution in [1.82, 2.24) is 0 Å². The molecule has 0 saturated heterocycles. The second-order valence-corrected chi connectivity index (χ2v) is 2.78. The molecule has 2 heteroatoms. The molecule has 0 aromatic heterocycles. The molecule has 1 saturated carbocycles. The number of carbonyl (C=O) groups excluding carboxylic acids is 2. The van der Waals surface area contributed by atoms with E-state index in [9.17, 15) is 9.59 Å². The van der Waals surface area contributed by atoms with Gasteiger partial charge in [-0.3, -0.25) is 9.59 Å². The van der Waals surface area contributed by atoms with E-state index < -0.39 is 0 Å². The van der Waals surface area contributed by atoms with Gasteiger partial charge in [-0.25, -0.2) is 0 Å². The minimum absolute atomic E-state index is 0.0876. The quantitative estimate of drug-likeness (QED) is 0.570. The van der Waals surface area contributed by atoms with Gasteiger partial charge in [0.25, 0.3) is 0 Å². The fourth-order valence-corrected chi connectivity index (χ4v) is 1.33. The lowest BCUT2D eigenvalue weighted by Crippen LogP contribution is -2.15. The van der Waals surface area contributed by atoms with Crippen LogP contribution in [-0.4, -0.2) is 12.6 Å². The standard InChI is InChI=1S/C8H10O2/c9-5-7-1-2-8(6-10)4-3-7/h7-8H,1-4H2/t7-,8-. The van der Waals surface area contributed by atoms with E-state index >= 15 is 0 Å². The molecule has 1 aliphatic carbocycles. The monoisotopic (exact) mass is 138 g/mol. The lowest BCUT2D eigenvalue weighted by atomic mass is 9.84. The summed E-state index contributed by atoms with van der Waals surface area (Å²) in [6.45, 7) is 0. The normalized spacial score (nSPS) is 33.2. The second kappa shape index (κ2) is 3.49. The van der Waals surface area contributed by atoms with Crippen LogP contribution in [0.25, 0.3) is 0 Å². The molecule has 0 amide bonds. The Morgan fingerprint density at radius 3 is 1.30 bits per heavy atom. The average molecular weight is 138 g/mol. The third kappa shape index (κ3) is 1.66. The molecule has 0 bridgehead atoms. The van der Waals surface area contributed by atoms with Crippen molar-refractivity contribution in [3.63, 3.8) is 0 Å². The zero-order valence-corrected chi connectivity index (χ0v) is 5.80. The van der Waals surface area contributed by atoms with Crippen molar-refractivity contribution >= 4 is 12.6 Å². The summed E-state index contributed by atoms with van der Waals surface area (Å²) >= 11 is 0. The van der Waals surface area contributed by atoms with Crippen LogP contribution in [-0.2, 0) is 9.59 Å². The zero-order valence-electron chi connectivity index (χ0n) is 5.80. The Hall–Kier alpha value is -0.660. The van der Waals surface area contributed by atoms with Gasteiger partial charge in [-0.15, -0.1) is 0 Å². The van der Waals surface area contributed by atoms with E-state index in [4.69, 9.17) is 0 Å². The predicted octanol–water partition coefficient (Wildman–Crippen LogP) is 1.01. The van der Waals surface area contributed by atoms with Gasteiger partial charge in [0, 0.05) is 11.8 Å². The van der Waals surface area contributed by atoms with Crippen LogP contribution >= 0.6 is 0 Å². The Labute approximate surface area is 60.6 Å². The first-order valence-corrected chi connectivity index (χ1v) is 3.62. The molecule has 54 valence electrons. The Bertz CT molecular complexity index is 107. The highest BCUT2D eigenvalue weighted by Gasteiger charge is 2.20. The minimum Gasteiger partial charge on any atom is -0.291 e. The molecule has 0 aliphatic heterocycles. The Morgan fingerprint density at radius 2 is 1.10 bits per heavy atom. The number of rotatable bonds is 2. The molecular weight excluding hydrogens is 128 g/mol. The van der Waals surface area contributed by atoms with E-state index in [2.05, 4.69) is 0 Å². The van der Waals surface area contributed by atoms with Crippen LogP contribution in [0.4, 0.5) is 0 Å². The van der Waals surface area contributed by atoms with Gasteiger partial charge in [-0.05, 0) is 25.7 Å². The number of hydrogen-bond acceptors (Lipinski definition) is 2. The van der Waals surface area contributed by atoms with Crippen molar-refractivity contribution in [2.24, 2.45) is 11.8 Å². The topological polar surface area (TPSA) is 34.1 Å². The first kappa shape index (κ1) is 7.45. The highest BCUT2D eigenvalue weighted by atomic mass is 16.1. The van der Waals surface area contributed by atoms with Crippen molar-refractivity contribution in [2.45, 2.75) is 25.7 Å². The fraction of sp³-hybridized carbons (Fsp3) is 0.750. The van der Waals surface area contributed by atoms with Crippen LogP contribution in [0.5, 0.6) is 0 Å². The highest BCUT2D eigenvalue weighted by Crippen LogP contribution is 2.25. The second-order valence-electron chi connectivity index (χ2n) is 2.78. The van der Waals surface area contributed by atoms with Crippen molar-refractivity contribution in [3.05, 3.63) is 0 Å². The molecule has 0 spiro atoms. The summed E-state index contributed by atoms with van der Waals surface area (Å²) < 4.78 is 0. The summed E-state index contributed by atoms with van der Waals surface area (Å²) in [6.07, 6.45) is 7.23. The first-order chi connectivity index (χ1) is 4.86. The molecule has 0 aromatic carbocycles. The maximum absolute atomic E-state index is 10.1. The van der Waals surface area contributed by atoms with Crippen LogP contribution in [0, 0.1) is 11.8 Å². The third-order valence-corrected chi connectivity index (χ3v) is 2.06. The molecule has 0 atom stereocenters. The molecular formula is C8H10O2. The summed E-state index contributed by atoms with van der Waals surface area (Å²) in [5.74, 6) is 0.175. The van der Waals surface area contributed by atoms with Gasteiger partial charge < -0.3 is 0 Å². The van der Waals surface area contributed by atoms with Crippen molar-refractivity contribution < 1.29 is 9.59 Å². The Morgan fingerprint density at radius 1 is 0.800 bits per heavy atom. The minimum atomic E-state index is 0.0876. The van der Waals surface area contributed by atoms with Crippen LogP contribution < -0.4 is 0 Å². The summed E-state index contributed by atoms with van der Waals surface area (Å²) in [5.41, 5.74) is 0. The summed E-state index contributed by atoms with van der Waals surface area (Å²) in [6, 6.07) is 0. The smallest absolute Gasteiger partial charge is 0.201 e. The van der Waals surface area contributed by atoms with Crippen molar-refractivity contribution in [3.8, 4) is 0 Å². The van der Waals surface area contributed by atoms with Crippen LogP contribution in [0.2, 0.25) is 0 Å². The van der Waals surface area contributed by atoms with Crippen LogP contribution in [0.3, 0.4) is 0 Å². The molecule has 1 rings (SSSR count). The summed E-state index contributed by atoms with van der Waals surface area (Å²) in [4.78, 5) is 20.3. The highest BCUT2D eigenvalue weighted by molar-refractivity contribution is 5.57. The number of hydrogen-bond donors (Lipinski definition) is 0. The van der Waals surface area contributed by atoms with Gasteiger partial charge in [-0.2, -0.15) is 0 Å². The van der Waals surface area contributed by atoms with Crippen molar-refractivity contribution in [1.29, 1.82) is 0 Å². The molecule has 2 radical (unpaired) electrons. The van der Waals surface area contributed by atoms with E-state index in [0.29, 0.717) is 0 Å². The van der Waals surface area contributed by atoms with Crippen LogP contribution in [0.15, 0.2) is 0 Å². The maximum Gasteiger partial charge on any atom is 0.201 e. The molecule has 0 heterocycles. The van der Waals surface area contributed by atoms with E-state index in [1.54, 1.807) is 0 Å². The third-order valence-electron chi connectivity index (χ3n) is 2.06. The van der Waals surface area contributed by atoms with Gasteiger partial charge in [0.1, 0.15) is 0 Å². The Kier molecular flexibility index (Phi) is 2.60. The SMILES string of the molecule is O=[C][C@H]1CC[C@H]([C]=O)CC1. The van der Waals surface area contributed by atoms with E-state index in [1.807, 2.05) is 12.6 Å². The van der Waals surface area contributed by atoms with Gasteiger partial charge >= 0.3 is 0 Å². The zero-order chi connectivity index (χ0) is 7.40. The maximum atomic E-state index is 10.1. The van der Waals surface area contributed by atoms with E-state index in [-0.39, 0.29) is 11.8 Å². The Balaban J connectivity index is 2.30. The lowest BCUT2D eigenvalue weighted by molar-refractivity contribution is 0.362. The first-order valence-electron chi connectivity index (χ1n) is 3.62. The van der Waals surface area contributed by atoms with Crippen molar-refractivity contribution in [2.75, 3.05) is 0 Å². The van der Waals surface area contributed by atoms with E-state index in [1.165, 1.54) is 0 Å². The van der Waals surface area contributed by atoms with Gasteiger partial charge in [-0.1, -0.05) is 0 Å². The van der Waals surface area contributed by atoms with Gasteiger partial charge in [0.2, 0.25) is 12.6 Å². The molecule has 2 nitrogen and oxygen atoms in total. The van der Waals surface area contributed by atoms with Gasteiger partial charge in [0.15, 0.2) is 0 Å². The average Bonchev–Trinajstić information content (AvgIpc) is 2.05. The molecule has 1 aliphatic rings. The molecule has 1 fully saturated rings. The summed E-state index contributed by atoms with van der Waals surface area (Å²) in [5, 5.41) is 0. The fourth-order valence-electron chi connectivity index (χ4n) is 1.33. The van der Waals surface area contributed by atoms with E-state index in [0.717, 1.165) is 25.7 Å². The lowest BCUT2D eigenvalue weighted by Gasteiger charge is -2.19. The molecule has 10 heavy (non-hydrogen) atoms. The molecule has 0 unspecified atom stereocenters. The largest absolute Gasteiger partial charge is 0.291 e. The summed E-state index contributed by atoms with van der Waals surface area (Å²) in [7, 11) is 0.